The maximum Gasteiger partial charge on any atom is 0.0497 e. The maximum absolute atomic E-state index is 5.23. The van der Waals surface area contributed by atoms with Crippen molar-refractivity contribution >= 4 is 5.71 Å². The first-order valence-corrected chi connectivity index (χ1v) is 4.17. The Bertz CT molecular complexity index is 144. The van der Waals surface area contributed by atoms with Crippen molar-refractivity contribution in [3.05, 3.63) is 12.3 Å². The van der Waals surface area contributed by atoms with E-state index >= 15 is 0 Å². The Labute approximate surface area is 69.2 Å². The van der Waals surface area contributed by atoms with Gasteiger partial charge < -0.3 is 5.73 Å². The number of allylic oxidation sites excluding steroid dienone is 1. The highest BCUT2D eigenvalue weighted by atomic mass is 14.8. The Morgan fingerprint density at radius 1 is 1.45 bits per heavy atom. The van der Waals surface area contributed by atoms with Crippen LogP contribution in [0.25, 0.3) is 0 Å². The molecule has 0 radical (unpaired) electrons. The van der Waals surface area contributed by atoms with E-state index in [1.807, 2.05) is 13.0 Å². The molecule has 0 aliphatic carbocycles. The van der Waals surface area contributed by atoms with Crippen molar-refractivity contribution in [2.45, 2.75) is 39.7 Å². The van der Waals surface area contributed by atoms with Gasteiger partial charge in [0.25, 0.3) is 0 Å². The van der Waals surface area contributed by atoms with Crippen LogP contribution in [0.4, 0.5) is 0 Å². The highest BCUT2D eigenvalue weighted by molar-refractivity contribution is 5.92. The summed E-state index contributed by atoms with van der Waals surface area (Å²) < 4.78 is 0. The van der Waals surface area contributed by atoms with Crippen LogP contribution < -0.4 is 5.73 Å². The number of rotatable bonds is 4. The smallest absolute Gasteiger partial charge is 0.0497 e. The number of aliphatic imine (C=N–C) groups is 1. The van der Waals surface area contributed by atoms with Gasteiger partial charge in [0.15, 0.2) is 0 Å². The zero-order valence-electron chi connectivity index (χ0n) is 7.67. The molecule has 0 aliphatic heterocycles. The lowest BCUT2D eigenvalue weighted by atomic mass is 10.2. The fraction of sp³-hybridized carbons (Fsp3) is 0.667. The third kappa shape index (κ3) is 4.59. The highest BCUT2D eigenvalue weighted by Crippen LogP contribution is 2.02. The van der Waals surface area contributed by atoms with Gasteiger partial charge in [-0.2, -0.15) is 0 Å². The molecule has 2 N–H and O–H groups in total. The van der Waals surface area contributed by atoms with Gasteiger partial charge in [-0.1, -0.05) is 13.8 Å². The van der Waals surface area contributed by atoms with E-state index in [0.717, 1.165) is 18.6 Å². The molecule has 0 saturated carbocycles. The Hall–Kier alpha value is -0.790. The number of hydrogen-bond donors (Lipinski definition) is 1. The molecule has 0 saturated heterocycles. The van der Waals surface area contributed by atoms with Crippen LogP contribution in [-0.4, -0.2) is 11.8 Å². The summed E-state index contributed by atoms with van der Waals surface area (Å²) in [7, 11) is 0. The molecule has 0 aromatic rings. The van der Waals surface area contributed by atoms with Gasteiger partial charge in [0, 0.05) is 11.8 Å². The molecular weight excluding hydrogens is 136 g/mol. The monoisotopic (exact) mass is 154 g/mol. The molecule has 0 unspecified atom stereocenters. The van der Waals surface area contributed by atoms with Crippen LogP contribution in [0.2, 0.25) is 0 Å². The van der Waals surface area contributed by atoms with Gasteiger partial charge >= 0.3 is 0 Å². The lowest BCUT2D eigenvalue weighted by Crippen LogP contribution is -2.03. The van der Waals surface area contributed by atoms with Crippen LogP contribution in [0.15, 0.2) is 17.3 Å². The summed E-state index contributed by atoms with van der Waals surface area (Å²) in [5, 5.41) is 0. The van der Waals surface area contributed by atoms with Crippen molar-refractivity contribution in [3.8, 4) is 0 Å². The fourth-order valence-electron chi connectivity index (χ4n) is 0.942. The molecule has 11 heavy (non-hydrogen) atoms. The van der Waals surface area contributed by atoms with Crippen molar-refractivity contribution in [2.75, 3.05) is 0 Å². The molecule has 0 amide bonds. The first kappa shape index (κ1) is 10.2. The predicted octanol–water partition coefficient (Wildman–Crippen LogP) is 2.11. The molecule has 0 aromatic heterocycles. The quantitative estimate of drug-likeness (QED) is 0.619. The summed E-state index contributed by atoms with van der Waals surface area (Å²) in [5.74, 6) is 0. The van der Waals surface area contributed by atoms with Crippen LogP contribution in [0.3, 0.4) is 0 Å². The molecule has 2 nitrogen and oxygen atoms in total. The zero-order valence-corrected chi connectivity index (χ0v) is 7.67. The van der Waals surface area contributed by atoms with E-state index in [1.54, 1.807) is 0 Å². The largest absolute Gasteiger partial charge is 0.405 e. The van der Waals surface area contributed by atoms with E-state index in [9.17, 15) is 0 Å². The third-order valence-corrected chi connectivity index (χ3v) is 1.67. The van der Waals surface area contributed by atoms with E-state index in [1.165, 1.54) is 6.20 Å². The van der Waals surface area contributed by atoms with Crippen molar-refractivity contribution < 1.29 is 0 Å². The van der Waals surface area contributed by atoms with Gasteiger partial charge in [-0.05, 0) is 32.0 Å². The summed E-state index contributed by atoms with van der Waals surface area (Å²) in [5.41, 5.74) is 6.24. The van der Waals surface area contributed by atoms with E-state index in [-0.39, 0.29) is 0 Å². The van der Waals surface area contributed by atoms with Crippen LogP contribution in [0, 0.1) is 0 Å². The van der Waals surface area contributed by atoms with E-state index in [0.29, 0.717) is 6.04 Å². The molecule has 0 rings (SSSR count). The summed E-state index contributed by atoms with van der Waals surface area (Å²) in [6.45, 7) is 6.27. The Morgan fingerprint density at radius 3 is 2.36 bits per heavy atom. The van der Waals surface area contributed by atoms with Crippen LogP contribution in [0.5, 0.6) is 0 Å². The Morgan fingerprint density at radius 2 is 2.00 bits per heavy atom. The summed E-state index contributed by atoms with van der Waals surface area (Å²) in [6, 6.07) is 0.464. The molecular formula is C9H18N2. The van der Waals surface area contributed by atoms with Gasteiger partial charge in [-0.15, -0.1) is 0 Å². The second-order valence-electron chi connectivity index (χ2n) is 2.60. The summed E-state index contributed by atoms with van der Waals surface area (Å²) >= 11 is 0. The standard InChI is InChI=1S/C9H18N2/c1-4-9(5-2)11-8(3)6-7-10/h6-7,9H,4-5,10H2,1-3H3/b7-6-,11-8-. The van der Waals surface area contributed by atoms with Crippen molar-refractivity contribution in [2.24, 2.45) is 10.7 Å². The van der Waals surface area contributed by atoms with Crippen molar-refractivity contribution in [3.63, 3.8) is 0 Å². The molecule has 0 aliphatic rings. The minimum atomic E-state index is 0.464. The minimum absolute atomic E-state index is 0.464. The van der Waals surface area contributed by atoms with Crippen LogP contribution in [-0.2, 0) is 0 Å². The van der Waals surface area contributed by atoms with Gasteiger partial charge in [-0.25, -0.2) is 0 Å². The first-order valence-electron chi connectivity index (χ1n) is 4.17. The predicted molar refractivity (Wildman–Crippen MR) is 50.8 cm³/mol. The van der Waals surface area contributed by atoms with E-state index in [4.69, 9.17) is 5.73 Å². The SMILES string of the molecule is CCC(CC)/N=C(C)\C=C/N. The van der Waals surface area contributed by atoms with Crippen LogP contribution >= 0.6 is 0 Å². The minimum Gasteiger partial charge on any atom is -0.405 e. The summed E-state index contributed by atoms with van der Waals surface area (Å²) in [6.07, 6.45) is 5.57. The average molecular weight is 154 g/mol. The van der Waals surface area contributed by atoms with Gasteiger partial charge in [0.2, 0.25) is 0 Å². The lowest BCUT2D eigenvalue weighted by Gasteiger charge is -2.05. The van der Waals surface area contributed by atoms with Crippen LogP contribution in [0.1, 0.15) is 33.6 Å². The van der Waals surface area contributed by atoms with E-state index in [2.05, 4.69) is 18.8 Å². The first-order chi connectivity index (χ1) is 5.24. The molecule has 0 atom stereocenters. The summed E-state index contributed by atoms with van der Waals surface area (Å²) in [4.78, 5) is 4.45. The fourth-order valence-corrected chi connectivity index (χ4v) is 0.942. The molecule has 0 aromatic carbocycles. The second-order valence-corrected chi connectivity index (χ2v) is 2.60. The molecule has 64 valence electrons. The van der Waals surface area contributed by atoms with E-state index < -0.39 is 0 Å². The van der Waals surface area contributed by atoms with Crippen molar-refractivity contribution in [1.82, 2.24) is 0 Å². The van der Waals surface area contributed by atoms with Gasteiger partial charge in [0.05, 0.1) is 0 Å². The number of nitrogens with two attached hydrogens (primary N) is 1. The maximum atomic E-state index is 5.23. The Kier molecular flexibility index (Phi) is 5.53. The lowest BCUT2D eigenvalue weighted by molar-refractivity contribution is 0.632. The topological polar surface area (TPSA) is 38.4 Å². The molecule has 0 fully saturated rings. The normalized spacial score (nSPS) is 13.3. The molecule has 0 bridgehead atoms. The Balaban J connectivity index is 4.02. The average Bonchev–Trinajstić information content (AvgIpc) is 2.01. The van der Waals surface area contributed by atoms with Gasteiger partial charge in [-0.3, -0.25) is 4.99 Å². The zero-order chi connectivity index (χ0) is 8.69. The molecule has 0 heterocycles. The number of nitrogens with zero attached hydrogens (tertiary/aromatic N) is 1. The highest BCUT2D eigenvalue weighted by Gasteiger charge is 1.98. The molecule has 0 spiro atoms. The molecule has 2 heteroatoms. The third-order valence-electron chi connectivity index (χ3n) is 1.67. The number of hydrogen-bond acceptors (Lipinski definition) is 2. The van der Waals surface area contributed by atoms with Crippen molar-refractivity contribution in [1.29, 1.82) is 0 Å². The van der Waals surface area contributed by atoms with Gasteiger partial charge in [0.1, 0.15) is 0 Å². The second kappa shape index (κ2) is 5.96.